The molecule has 4 rings (SSSR count). The highest BCUT2D eigenvalue weighted by Gasteiger charge is 2.24. The van der Waals surface area contributed by atoms with Crippen molar-refractivity contribution in [2.45, 2.75) is 6.92 Å². The van der Waals surface area contributed by atoms with Crippen LogP contribution in [0.25, 0.3) is 10.9 Å². The topological polar surface area (TPSA) is 45.7 Å². The summed E-state index contributed by atoms with van der Waals surface area (Å²) >= 11 is 3.48. The Morgan fingerprint density at radius 3 is 2.54 bits per heavy atom. The number of aromatic nitrogens is 1. The van der Waals surface area contributed by atoms with Gasteiger partial charge < -0.3 is 14.5 Å². The molecule has 1 amide bonds. The van der Waals surface area contributed by atoms with Gasteiger partial charge in [0.2, 0.25) is 0 Å². The highest BCUT2D eigenvalue weighted by Crippen LogP contribution is 2.29. The summed E-state index contributed by atoms with van der Waals surface area (Å²) < 4.78 is 6.33. The zero-order chi connectivity index (χ0) is 19.7. The number of hydrogen-bond acceptors (Lipinski definition) is 4. The number of piperazine rings is 1. The van der Waals surface area contributed by atoms with Crippen LogP contribution < -0.4 is 9.64 Å². The van der Waals surface area contributed by atoms with Gasteiger partial charge in [0.15, 0.2) is 0 Å². The number of anilines is 1. The molecule has 0 saturated carbocycles. The van der Waals surface area contributed by atoms with E-state index in [1.807, 2.05) is 41.3 Å². The van der Waals surface area contributed by atoms with Crippen LogP contribution >= 0.6 is 15.9 Å². The van der Waals surface area contributed by atoms with Crippen LogP contribution in [0, 0.1) is 6.92 Å². The molecule has 0 spiro atoms. The van der Waals surface area contributed by atoms with Crippen molar-refractivity contribution in [1.29, 1.82) is 0 Å². The first-order valence-electron chi connectivity index (χ1n) is 9.31. The van der Waals surface area contributed by atoms with E-state index in [0.29, 0.717) is 18.7 Å². The van der Waals surface area contributed by atoms with Crippen molar-refractivity contribution in [3.8, 4) is 5.75 Å². The fourth-order valence-corrected chi connectivity index (χ4v) is 4.10. The number of fused-ring (bicyclic) bond motifs is 1. The molecule has 0 N–H and O–H groups in total. The van der Waals surface area contributed by atoms with E-state index in [2.05, 4.69) is 39.9 Å². The number of aryl methyl sites for hydroxylation is 1. The zero-order valence-electron chi connectivity index (χ0n) is 16.0. The molecular formula is C22H22BrN3O2. The third kappa shape index (κ3) is 3.44. The minimum Gasteiger partial charge on any atom is -0.494 e. The molecule has 0 aliphatic carbocycles. The standard InChI is InChI=1S/C22H22BrN3O2/c1-15-14-20(24-21-16(15)7-5-9-19(21)28-2)25-10-12-26(13-11-25)22(27)17-6-3-4-8-18(17)23/h3-9,14H,10-13H2,1-2H3. The summed E-state index contributed by atoms with van der Waals surface area (Å²) in [5, 5.41) is 1.10. The number of ether oxygens (including phenoxy) is 1. The van der Waals surface area contributed by atoms with E-state index in [1.165, 1.54) is 5.56 Å². The average Bonchev–Trinajstić information content (AvgIpc) is 2.73. The van der Waals surface area contributed by atoms with Gasteiger partial charge in [0, 0.05) is 36.0 Å². The van der Waals surface area contributed by atoms with E-state index in [0.717, 1.165) is 40.0 Å². The number of amides is 1. The van der Waals surface area contributed by atoms with Crippen LogP contribution in [0.4, 0.5) is 5.82 Å². The minimum atomic E-state index is 0.0662. The van der Waals surface area contributed by atoms with Crippen molar-refractivity contribution < 1.29 is 9.53 Å². The van der Waals surface area contributed by atoms with Gasteiger partial charge in [-0.15, -0.1) is 0 Å². The predicted molar refractivity (Wildman–Crippen MR) is 115 cm³/mol. The first-order valence-corrected chi connectivity index (χ1v) is 10.1. The van der Waals surface area contributed by atoms with Gasteiger partial charge in [-0.3, -0.25) is 4.79 Å². The SMILES string of the molecule is COc1cccc2c(C)cc(N3CCN(C(=O)c4ccccc4Br)CC3)nc12. The highest BCUT2D eigenvalue weighted by molar-refractivity contribution is 9.10. The van der Waals surface area contributed by atoms with Gasteiger partial charge in [-0.25, -0.2) is 4.98 Å². The Balaban J connectivity index is 1.54. The first-order chi connectivity index (χ1) is 13.6. The molecule has 0 bridgehead atoms. The van der Waals surface area contributed by atoms with Gasteiger partial charge in [0.25, 0.3) is 5.91 Å². The average molecular weight is 440 g/mol. The minimum absolute atomic E-state index is 0.0662. The number of methoxy groups -OCH3 is 1. The van der Waals surface area contributed by atoms with Gasteiger partial charge >= 0.3 is 0 Å². The molecule has 1 aliphatic heterocycles. The Bertz CT molecular complexity index is 1030. The normalized spacial score (nSPS) is 14.4. The van der Waals surface area contributed by atoms with E-state index in [4.69, 9.17) is 9.72 Å². The van der Waals surface area contributed by atoms with Crippen LogP contribution in [0.2, 0.25) is 0 Å². The molecule has 0 atom stereocenters. The van der Waals surface area contributed by atoms with Crippen molar-refractivity contribution in [1.82, 2.24) is 9.88 Å². The number of nitrogens with zero attached hydrogens (tertiary/aromatic N) is 3. The van der Waals surface area contributed by atoms with Gasteiger partial charge in [-0.1, -0.05) is 24.3 Å². The lowest BCUT2D eigenvalue weighted by Crippen LogP contribution is -2.49. The third-order valence-corrected chi connectivity index (χ3v) is 5.90. The molecule has 6 heteroatoms. The molecular weight excluding hydrogens is 418 g/mol. The number of para-hydroxylation sites is 1. The summed E-state index contributed by atoms with van der Waals surface area (Å²) in [6, 6.07) is 15.7. The summed E-state index contributed by atoms with van der Waals surface area (Å²) in [5.41, 5.74) is 2.76. The summed E-state index contributed by atoms with van der Waals surface area (Å²) in [5.74, 6) is 1.78. The third-order valence-electron chi connectivity index (χ3n) is 5.21. The Morgan fingerprint density at radius 2 is 1.82 bits per heavy atom. The number of carbonyl (C=O) groups is 1. The molecule has 1 fully saturated rings. The van der Waals surface area contributed by atoms with Crippen molar-refractivity contribution in [2.75, 3.05) is 38.2 Å². The van der Waals surface area contributed by atoms with Crippen molar-refractivity contribution in [3.63, 3.8) is 0 Å². The molecule has 0 radical (unpaired) electrons. The largest absolute Gasteiger partial charge is 0.494 e. The lowest BCUT2D eigenvalue weighted by Gasteiger charge is -2.36. The number of hydrogen-bond donors (Lipinski definition) is 0. The Morgan fingerprint density at radius 1 is 1.07 bits per heavy atom. The highest BCUT2D eigenvalue weighted by atomic mass is 79.9. The Hall–Kier alpha value is -2.60. The van der Waals surface area contributed by atoms with E-state index in [-0.39, 0.29) is 5.91 Å². The molecule has 1 aromatic heterocycles. The van der Waals surface area contributed by atoms with Crippen molar-refractivity contribution in [2.24, 2.45) is 0 Å². The maximum Gasteiger partial charge on any atom is 0.255 e. The van der Waals surface area contributed by atoms with Gasteiger partial charge in [-0.2, -0.15) is 0 Å². The number of carbonyl (C=O) groups excluding carboxylic acids is 1. The van der Waals surface area contributed by atoms with Gasteiger partial charge in [0.1, 0.15) is 17.1 Å². The number of halogens is 1. The lowest BCUT2D eigenvalue weighted by atomic mass is 10.1. The van der Waals surface area contributed by atoms with Crippen LogP contribution in [0.5, 0.6) is 5.75 Å². The van der Waals surface area contributed by atoms with Crippen LogP contribution in [0.3, 0.4) is 0 Å². The van der Waals surface area contributed by atoms with Crippen LogP contribution in [-0.2, 0) is 0 Å². The predicted octanol–water partition coefficient (Wildman–Crippen LogP) is 4.28. The second-order valence-corrected chi connectivity index (χ2v) is 7.77. The van der Waals surface area contributed by atoms with Gasteiger partial charge in [-0.05, 0) is 52.7 Å². The van der Waals surface area contributed by atoms with E-state index >= 15 is 0 Å². The smallest absolute Gasteiger partial charge is 0.255 e. The molecule has 2 aromatic carbocycles. The Kier molecular flexibility index (Phi) is 5.22. The number of pyridine rings is 1. The van der Waals surface area contributed by atoms with Crippen molar-refractivity contribution in [3.05, 3.63) is 64.1 Å². The second kappa shape index (κ2) is 7.80. The zero-order valence-corrected chi connectivity index (χ0v) is 17.6. The lowest BCUT2D eigenvalue weighted by molar-refractivity contribution is 0.0745. The van der Waals surface area contributed by atoms with E-state index in [9.17, 15) is 4.79 Å². The second-order valence-electron chi connectivity index (χ2n) is 6.91. The molecule has 3 aromatic rings. The molecule has 28 heavy (non-hydrogen) atoms. The van der Waals surface area contributed by atoms with Gasteiger partial charge in [0.05, 0.1) is 12.7 Å². The Labute approximate surface area is 173 Å². The first kappa shape index (κ1) is 18.7. The summed E-state index contributed by atoms with van der Waals surface area (Å²) in [7, 11) is 1.67. The molecule has 0 unspecified atom stereocenters. The molecule has 1 saturated heterocycles. The van der Waals surface area contributed by atoms with E-state index in [1.54, 1.807) is 7.11 Å². The maximum absolute atomic E-state index is 12.8. The van der Waals surface area contributed by atoms with Crippen LogP contribution in [0.15, 0.2) is 53.0 Å². The molecule has 5 nitrogen and oxygen atoms in total. The van der Waals surface area contributed by atoms with Crippen molar-refractivity contribution >= 4 is 38.6 Å². The van der Waals surface area contributed by atoms with Crippen LogP contribution in [0.1, 0.15) is 15.9 Å². The summed E-state index contributed by atoms with van der Waals surface area (Å²) in [6.07, 6.45) is 0. The summed E-state index contributed by atoms with van der Waals surface area (Å²) in [4.78, 5) is 21.8. The van der Waals surface area contributed by atoms with Crippen LogP contribution in [-0.4, -0.2) is 49.1 Å². The monoisotopic (exact) mass is 439 g/mol. The fraction of sp³-hybridized carbons (Fsp3) is 0.273. The fourth-order valence-electron chi connectivity index (χ4n) is 3.64. The quantitative estimate of drug-likeness (QED) is 0.610. The molecule has 1 aliphatic rings. The van der Waals surface area contributed by atoms with E-state index < -0.39 is 0 Å². The number of benzene rings is 2. The maximum atomic E-state index is 12.8. The molecule has 144 valence electrons. The molecule has 2 heterocycles. The number of rotatable bonds is 3. The summed E-state index contributed by atoms with van der Waals surface area (Å²) in [6.45, 7) is 4.95.